The Labute approximate surface area is 119 Å². The van der Waals surface area contributed by atoms with Crippen molar-refractivity contribution in [3.63, 3.8) is 0 Å². The standard InChI is InChI=1S/C11H13BrN2O4S/c12-10-2-1-9(11(3-10)14(15)16)7-19(17,18)6-8-4-13-5-8/h1-3,8,13H,4-7H2. The van der Waals surface area contributed by atoms with Crippen LogP contribution in [-0.2, 0) is 15.6 Å². The van der Waals surface area contributed by atoms with E-state index >= 15 is 0 Å². The van der Waals surface area contributed by atoms with Crippen LogP contribution in [0.1, 0.15) is 5.56 Å². The second kappa shape index (κ2) is 5.56. The van der Waals surface area contributed by atoms with E-state index < -0.39 is 14.8 Å². The zero-order valence-electron chi connectivity index (χ0n) is 10.0. The molecule has 1 fully saturated rings. The van der Waals surface area contributed by atoms with Crippen molar-refractivity contribution >= 4 is 31.5 Å². The molecule has 8 heteroatoms. The number of hydrogen-bond donors (Lipinski definition) is 1. The Morgan fingerprint density at radius 1 is 1.42 bits per heavy atom. The van der Waals surface area contributed by atoms with Crippen LogP contribution >= 0.6 is 15.9 Å². The molecule has 2 rings (SSSR count). The van der Waals surface area contributed by atoms with Gasteiger partial charge >= 0.3 is 0 Å². The van der Waals surface area contributed by atoms with Crippen LogP contribution in [0.4, 0.5) is 5.69 Å². The van der Waals surface area contributed by atoms with Crippen molar-refractivity contribution in [3.8, 4) is 0 Å². The van der Waals surface area contributed by atoms with Gasteiger partial charge in [-0.1, -0.05) is 22.0 Å². The molecule has 0 atom stereocenters. The Balaban J connectivity index is 2.20. The first-order valence-electron chi connectivity index (χ1n) is 5.71. The van der Waals surface area contributed by atoms with Crippen molar-refractivity contribution in [3.05, 3.63) is 38.3 Å². The van der Waals surface area contributed by atoms with E-state index in [1.165, 1.54) is 12.1 Å². The van der Waals surface area contributed by atoms with E-state index in [9.17, 15) is 18.5 Å². The first kappa shape index (κ1) is 14.4. The largest absolute Gasteiger partial charge is 0.316 e. The van der Waals surface area contributed by atoms with E-state index in [0.29, 0.717) is 17.6 Å². The molecule has 1 aliphatic rings. The summed E-state index contributed by atoms with van der Waals surface area (Å²) in [4.78, 5) is 10.4. The molecule has 0 aromatic heterocycles. The number of halogens is 1. The van der Waals surface area contributed by atoms with Crippen LogP contribution in [0.25, 0.3) is 0 Å². The number of hydrogen-bond acceptors (Lipinski definition) is 5. The summed E-state index contributed by atoms with van der Waals surface area (Å²) < 4.78 is 24.6. The predicted molar refractivity (Wildman–Crippen MR) is 74.6 cm³/mol. The minimum atomic E-state index is -3.32. The zero-order chi connectivity index (χ0) is 14.0. The molecule has 1 aromatic rings. The fraction of sp³-hybridized carbons (Fsp3) is 0.455. The molecule has 0 unspecified atom stereocenters. The quantitative estimate of drug-likeness (QED) is 0.643. The molecule has 1 saturated heterocycles. The predicted octanol–water partition coefficient (Wildman–Crippen LogP) is 1.49. The SMILES string of the molecule is O=[N+]([O-])c1cc(Br)ccc1CS(=O)(=O)CC1CNC1. The summed E-state index contributed by atoms with van der Waals surface area (Å²) in [6.45, 7) is 1.39. The molecule has 104 valence electrons. The summed E-state index contributed by atoms with van der Waals surface area (Å²) in [6, 6.07) is 4.43. The lowest BCUT2D eigenvalue weighted by Crippen LogP contribution is -2.45. The molecule has 0 aliphatic carbocycles. The van der Waals surface area contributed by atoms with Gasteiger partial charge in [0.25, 0.3) is 5.69 Å². The second-order valence-electron chi connectivity index (χ2n) is 4.61. The molecule has 1 heterocycles. The summed E-state index contributed by atoms with van der Waals surface area (Å²) in [6.07, 6.45) is 0. The lowest BCUT2D eigenvalue weighted by molar-refractivity contribution is -0.385. The van der Waals surface area contributed by atoms with Gasteiger partial charge in [0.05, 0.1) is 16.4 Å². The summed E-state index contributed by atoms with van der Waals surface area (Å²) in [5, 5.41) is 13.9. The summed E-state index contributed by atoms with van der Waals surface area (Å²) >= 11 is 3.14. The Morgan fingerprint density at radius 3 is 2.63 bits per heavy atom. The van der Waals surface area contributed by atoms with Crippen LogP contribution in [-0.4, -0.2) is 32.2 Å². The number of rotatable bonds is 5. The Bertz CT molecular complexity index is 599. The number of nitrogens with one attached hydrogen (secondary N) is 1. The van der Waals surface area contributed by atoms with E-state index in [4.69, 9.17) is 0 Å². The highest BCUT2D eigenvalue weighted by Gasteiger charge is 2.26. The third-order valence-electron chi connectivity index (χ3n) is 2.98. The zero-order valence-corrected chi connectivity index (χ0v) is 12.4. The molecule has 19 heavy (non-hydrogen) atoms. The molecule has 0 bridgehead atoms. The van der Waals surface area contributed by atoms with Crippen molar-refractivity contribution < 1.29 is 13.3 Å². The van der Waals surface area contributed by atoms with Gasteiger partial charge in [0, 0.05) is 29.2 Å². The fourth-order valence-electron chi connectivity index (χ4n) is 1.95. The van der Waals surface area contributed by atoms with Crippen LogP contribution in [0.3, 0.4) is 0 Å². The molecule has 0 radical (unpaired) electrons. The monoisotopic (exact) mass is 348 g/mol. The van der Waals surface area contributed by atoms with Crippen molar-refractivity contribution in [1.29, 1.82) is 0 Å². The minimum Gasteiger partial charge on any atom is -0.316 e. The Kier molecular flexibility index (Phi) is 4.22. The van der Waals surface area contributed by atoms with Crippen LogP contribution < -0.4 is 5.32 Å². The molecule has 1 N–H and O–H groups in total. The Hall–Kier alpha value is -0.990. The first-order valence-corrected chi connectivity index (χ1v) is 8.33. The molecular weight excluding hydrogens is 336 g/mol. The van der Waals surface area contributed by atoms with Gasteiger partial charge in [0.15, 0.2) is 9.84 Å². The molecule has 6 nitrogen and oxygen atoms in total. The van der Waals surface area contributed by atoms with Crippen LogP contribution in [0.5, 0.6) is 0 Å². The molecular formula is C11H13BrN2O4S. The van der Waals surface area contributed by atoms with Crippen LogP contribution in [0, 0.1) is 16.0 Å². The maximum atomic E-state index is 12.0. The molecule has 0 amide bonds. The van der Waals surface area contributed by atoms with Gasteiger partial charge in [-0.2, -0.15) is 0 Å². The molecule has 0 saturated carbocycles. The van der Waals surface area contributed by atoms with E-state index in [2.05, 4.69) is 21.2 Å². The lowest BCUT2D eigenvalue weighted by Gasteiger charge is -2.26. The smallest absolute Gasteiger partial charge is 0.274 e. The topological polar surface area (TPSA) is 89.3 Å². The number of nitrogens with zero attached hydrogens (tertiary/aromatic N) is 1. The summed E-state index contributed by atoms with van der Waals surface area (Å²) in [5.74, 6) is -0.0835. The summed E-state index contributed by atoms with van der Waals surface area (Å²) in [5.41, 5.74) is 0.0742. The normalized spacial score (nSPS) is 16.1. The van der Waals surface area contributed by atoms with Crippen LogP contribution in [0.2, 0.25) is 0 Å². The number of sulfone groups is 1. The van der Waals surface area contributed by atoms with Gasteiger partial charge < -0.3 is 5.32 Å². The average Bonchev–Trinajstić information content (AvgIpc) is 2.26. The average molecular weight is 349 g/mol. The van der Waals surface area contributed by atoms with Crippen molar-refractivity contribution in [1.82, 2.24) is 5.32 Å². The highest BCUT2D eigenvalue weighted by Crippen LogP contribution is 2.26. The third kappa shape index (κ3) is 3.74. The van der Waals surface area contributed by atoms with Crippen LogP contribution in [0.15, 0.2) is 22.7 Å². The lowest BCUT2D eigenvalue weighted by atomic mass is 10.1. The maximum absolute atomic E-state index is 12.0. The van der Waals surface area contributed by atoms with E-state index in [-0.39, 0.29) is 28.7 Å². The van der Waals surface area contributed by atoms with Crippen molar-refractivity contribution in [2.75, 3.05) is 18.8 Å². The van der Waals surface area contributed by atoms with Gasteiger partial charge in [-0.05, 0) is 12.0 Å². The summed E-state index contributed by atoms with van der Waals surface area (Å²) in [7, 11) is -3.32. The van der Waals surface area contributed by atoms with E-state index in [0.717, 1.165) is 0 Å². The molecule has 1 aromatic carbocycles. The molecule has 0 spiro atoms. The van der Waals surface area contributed by atoms with E-state index in [1.807, 2.05) is 0 Å². The van der Waals surface area contributed by atoms with Gasteiger partial charge in [-0.25, -0.2) is 8.42 Å². The van der Waals surface area contributed by atoms with Gasteiger partial charge in [0.2, 0.25) is 0 Å². The van der Waals surface area contributed by atoms with Gasteiger partial charge in [-0.3, -0.25) is 10.1 Å². The maximum Gasteiger partial charge on any atom is 0.274 e. The number of nitro groups is 1. The van der Waals surface area contributed by atoms with Crippen molar-refractivity contribution in [2.24, 2.45) is 5.92 Å². The number of benzene rings is 1. The van der Waals surface area contributed by atoms with Gasteiger partial charge in [-0.15, -0.1) is 0 Å². The van der Waals surface area contributed by atoms with Gasteiger partial charge in [0.1, 0.15) is 0 Å². The van der Waals surface area contributed by atoms with E-state index in [1.54, 1.807) is 6.07 Å². The highest BCUT2D eigenvalue weighted by molar-refractivity contribution is 9.10. The third-order valence-corrected chi connectivity index (χ3v) is 5.20. The highest BCUT2D eigenvalue weighted by atomic mass is 79.9. The minimum absolute atomic E-state index is 0.0766. The Morgan fingerprint density at radius 2 is 2.11 bits per heavy atom. The first-order chi connectivity index (χ1) is 8.87. The number of nitro benzene ring substituents is 1. The second-order valence-corrected chi connectivity index (χ2v) is 7.63. The fourth-order valence-corrected chi connectivity index (χ4v) is 4.09. The van der Waals surface area contributed by atoms with Crippen molar-refractivity contribution in [2.45, 2.75) is 5.75 Å². The molecule has 1 aliphatic heterocycles.